The summed E-state index contributed by atoms with van der Waals surface area (Å²) in [5, 5.41) is 11.9. The minimum atomic E-state index is -4.52. The summed E-state index contributed by atoms with van der Waals surface area (Å²) in [6, 6.07) is 7.51. The van der Waals surface area contributed by atoms with Gasteiger partial charge in [0.05, 0.1) is 15.5 Å². The zero-order valence-electron chi connectivity index (χ0n) is 19.6. The molecule has 0 atom stereocenters. The van der Waals surface area contributed by atoms with Gasteiger partial charge in [-0.05, 0) is 36.6 Å². The Morgan fingerprint density at radius 2 is 1.81 bits per heavy atom. The second-order valence-corrected chi connectivity index (χ2v) is 12.2. The highest BCUT2D eigenvalue weighted by Crippen LogP contribution is 2.42. The molecule has 2 aromatic heterocycles. The van der Waals surface area contributed by atoms with Crippen molar-refractivity contribution in [2.24, 2.45) is 0 Å². The van der Waals surface area contributed by atoms with E-state index in [9.17, 15) is 21.6 Å². The summed E-state index contributed by atoms with van der Waals surface area (Å²) in [6.07, 6.45) is -0.133. The first-order valence-electron chi connectivity index (χ1n) is 11.3. The first-order valence-corrected chi connectivity index (χ1v) is 14.0. The molecule has 3 aromatic rings. The van der Waals surface area contributed by atoms with Gasteiger partial charge in [0.1, 0.15) is 10.8 Å². The molecule has 0 unspecified atom stereocenters. The van der Waals surface area contributed by atoms with Crippen molar-refractivity contribution in [2.45, 2.75) is 61.9 Å². The third-order valence-corrected chi connectivity index (χ3v) is 9.17. The van der Waals surface area contributed by atoms with Crippen LogP contribution >= 0.6 is 22.9 Å². The molecule has 2 N–H and O–H groups in total. The second-order valence-electron chi connectivity index (χ2n) is 9.12. The van der Waals surface area contributed by atoms with Crippen molar-refractivity contribution in [2.75, 3.05) is 16.6 Å². The lowest BCUT2D eigenvalue weighted by Gasteiger charge is -2.30. The maximum Gasteiger partial charge on any atom is 0.417 e. The van der Waals surface area contributed by atoms with Gasteiger partial charge in [-0.15, -0.1) is 10.2 Å². The maximum atomic E-state index is 12.9. The Balaban J connectivity index is 1.50. The Labute approximate surface area is 216 Å². The number of sulfonamides is 1. The van der Waals surface area contributed by atoms with Gasteiger partial charge >= 0.3 is 6.18 Å². The molecule has 1 aliphatic carbocycles. The standard InChI is InChI=1S/C23H25ClF3N5O2S2/c1-14(2)20-30-31-21(35-20)32-36(33,34)17-7-5-15(6-8-17)22(9-3-4-10-22)13-29-19-18(24)11-16(12-28-19)23(25,26)27/h5-8,11-12,14H,3-4,9-10,13H2,1-2H3,(H,28,29)(H,31,32). The monoisotopic (exact) mass is 559 g/mol. The molecule has 4 rings (SSSR count). The third-order valence-electron chi connectivity index (χ3n) is 6.26. The number of hydrogen-bond acceptors (Lipinski definition) is 7. The average molecular weight is 560 g/mol. The summed E-state index contributed by atoms with van der Waals surface area (Å²) in [4.78, 5) is 3.97. The van der Waals surface area contributed by atoms with E-state index in [0.29, 0.717) is 6.54 Å². The fraction of sp³-hybridized carbons (Fsp3) is 0.435. The van der Waals surface area contributed by atoms with E-state index in [4.69, 9.17) is 11.6 Å². The van der Waals surface area contributed by atoms with Gasteiger partial charge in [-0.2, -0.15) is 13.2 Å². The molecule has 0 radical (unpaired) electrons. The average Bonchev–Trinajstić information content (AvgIpc) is 3.48. The van der Waals surface area contributed by atoms with Gasteiger partial charge in [-0.25, -0.2) is 13.4 Å². The first kappa shape index (κ1) is 26.6. The van der Waals surface area contributed by atoms with Crippen LogP contribution in [0.1, 0.15) is 61.6 Å². The lowest BCUT2D eigenvalue weighted by atomic mass is 9.79. The van der Waals surface area contributed by atoms with Crippen LogP contribution < -0.4 is 10.0 Å². The predicted octanol–water partition coefficient (Wildman–Crippen LogP) is 6.45. The fourth-order valence-electron chi connectivity index (χ4n) is 4.27. The molecule has 1 fully saturated rings. The van der Waals surface area contributed by atoms with E-state index in [0.717, 1.165) is 48.5 Å². The maximum absolute atomic E-state index is 12.9. The van der Waals surface area contributed by atoms with Gasteiger partial charge < -0.3 is 5.32 Å². The van der Waals surface area contributed by atoms with Crippen molar-refractivity contribution >= 4 is 43.9 Å². The number of pyridine rings is 1. The number of benzene rings is 1. The van der Waals surface area contributed by atoms with E-state index in [1.54, 1.807) is 24.3 Å². The highest BCUT2D eigenvalue weighted by Gasteiger charge is 2.36. The Morgan fingerprint density at radius 1 is 1.14 bits per heavy atom. The highest BCUT2D eigenvalue weighted by atomic mass is 35.5. The van der Waals surface area contributed by atoms with Crippen LogP contribution in [-0.4, -0.2) is 30.1 Å². The molecular formula is C23H25ClF3N5O2S2. The number of nitrogens with zero attached hydrogens (tertiary/aromatic N) is 3. The zero-order chi connectivity index (χ0) is 26.1. The molecule has 36 heavy (non-hydrogen) atoms. The summed E-state index contributed by atoms with van der Waals surface area (Å²) in [5.74, 6) is 0.320. The molecule has 0 amide bonds. The van der Waals surface area contributed by atoms with E-state index in [1.807, 2.05) is 13.8 Å². The van der Waals surface area contributed by atoms with Crippen LogP contribution in [0.3, 0.4) is 0 Å². The number of anilines is 2. The molecule has 0 saturated heterocycles. The number of nitrogens with one attached hydrogen (secondary N) is 2. The Hall–Kier alpha value is -2.44. The summed E-state index contributed by atoms with van der Waals surface area (Å²) in [7, 11) is -3.84. The summed E-state index contributed by atoms with van der Waals surface area (Å²) < 4.78 is 66.9. The number of halogens is 4. The van der Waals surface area contributed by atoms with Crippen LogP contribution in [0, 0.1) is 0 Å². The van der Waals surface area contributed by atoms with E-state index >= 15 is 0 Å². The van der Waals surface area contributed by atoms with Gasteiger partial charge in [0.25, 0.3) is 10.0 Å². The molecule has 1 aromatic carbocycles. The predicted molar refractivity (Wildman–Crippen MR) is 134 cm³/mol. The lowest BCUT2D eigenvalue weighted by molar-refractivity contribution is -0.137. The topological polar surface area (TPSA) is 96.9 Å². The van der Waals surface area contributed by atoms with E-state index in [2.05, 4.69) is 25.2 Å². The van der Waals surface area contributed by atoms with Crippen LogP contribution in [0.15, 0.2) is 41.4 Å². The third kappa shape index (κ3) is 5.76. The molecular weight excluding hydrogens is 535 g/mol. The van der Waals surface area contributed by atoms with Crippen molar-refractivity contribution in [1.82, 2.24) is 15.2 Å². The fourth-order valence-corrected chi connectivity index (χ4v) is 6.47. The van der Waals surface area contributed by atoms with Gasteiger partial charge in [-0.3, -0.25) is 4.72 Å². The lowest BCUT2D eigenvalue weighted by Crippen LogP contribution is -2.32. The van der Waals surface area contributed by atoms with Crippen LogP contribution in [0.5, 0.6) is 0 Å². The highest BCUT2D eigenvalue weighted by molar-refractivity contribution is 7.93. The van der Waals surface area contributed by atoms with Crippen LogP contribution in [0.25, 0.3) is 0 Å². The summed E-state index contributed by atoms with van der Waals surface area (Å²) in [6.45, 7) is 4.30. The molecule has 194 valence electrons. The van der Waals surface area contributed by atoms with Gasteiger partial charge in [-0.1, -0.05) is 61.8 Å². The smallest absolute Gasteiger partial charge is 0.368 e. The second kappa shape index (κ2) is 10.1. The minimum Gasteiger partial charge on any atom is -0.368 e. The van der Waals surface area contributed by atoms with Crippen molar-refractivity contribution in [3.63, 3.8) is 0 Å². The molecule has 0 bridgehead atoms. The Bertz CT molecular complexity index is 1320. The van der Waals surface area contributed by atoms with E-state index in [-0.39, 0.29) is 32.2 Å². The molecule has 7 nitrogen and oxygen atoms in total. The normalized spacial score (nSPS) is 15.9. The Morgan fingerprint density at radius 3 is 2.36 bits per heavy atom. The largest absolute Gasteiger partial charge is 0.417 e. The molecule has 0 aliphatic heterocycles. The van der Waals surface area contributed by atoms with E-state index in [1.165, 1.54) is 11.3 Å². The molecule has 1 aliphatic rings. The van der Waals surface area contributed by atoms with Crippen molar-refractivity contribution < 1.29 is 21.6 Å². The van der Waals surface area contributed by atoms with Crippen molar-refractivity contribution in [3.05, 3.63) is 57.7 Å². The molecule has 0 spiro atoms. The van der Waals surface area contributed by atoms with Crippen LogP contribution in [0.4, 0.5) is 24.1 Å². The summed E-state index contributed by atoms with van der Waals surface area (Å²) >= 11 is 7.25. The number of hydrogen-bond donors (Lipinski definition) is 2. The van der Waals surface area contributed by atoms with Gasteiger partial charge in [0.2, 0.25) is 5.13 Å². The van der Waals surface area contributed by atoms with Gasteiger partial charge in [0.15, 0.2) is 0 Å². The Kier molecular flexibility index (Phi) is 7.50. The first-order chi connectivity index (χ1) is 16.9. The quantitative estimate of drug-likeness (QED) is 0.329. The number of aromatic nitrogens is 3. The van der Waals surface area contributed by atoms with Crippen molar-refractivity contribution in [1.29, 1.82) is 0 Å². The number of alkyl halides is 3. The SMILES string of the molecule is CC(C)c1nnc(NS(=O)(=O)c2ccc(C3(CNc4ncc(C(F)(F)F)cc4Cl)CCCC3)cc2)s1. The van der Waals surface area contributed by atoms with Gasteiger partial charge in [0, 0.05) is 24.1 Å². The van der Waals surface area contributed by atoms with E-state index < -0.39 is 21.8 Å². The minimum absolute atomic E-state index is 0.0982. The molecule has 2 heterocycles. The molecule has 1 saturated carbocycles. The number of rotatable bonds is 8. The zero-order valence-corrected chi connectivity index (χ0v) is 22.0. The van der Waals surface area contributed by atoms with Crippen LogP contribution in [0.2, 0.25) is 5.02 Å². The van der Waals surface area contributed by atoms with Crippen LogP contribution in [-0.2, 0) is 21.6 Å². The molecule has 13 heteroatoms. The summed E-state index contributed by atoms with van der Waals surface area (Å²) in [5.41, 5.74) is -0.296. The van der Waals surface area contributed by atoms with Crippen molar-refractivity contribution in [3.8, 4) is 0 Å².